The van der Waals surface area contributed by atoms with Crippen LogP contribution in [0.5, 0.6) is 0 Å². The average molecular weight is 328 g/mol. The summed E-state index contributed by atoms with van der Waals surface area (Å²) in [7, 11) is 1.28. The molecule has 5 heteroatoms. The summed E-state index contributed by atoms with van der Waals surface area (Å²) >= 11 is 3.45. The highest BCUT2D eigenvalue weighted by atomic mass is 79.9. The maximum atomic E-state index is 11.9. The van der Waals surface area contributed by atoms with E-state index in [0.29, 0.717) is 13.0 Å². The summed E-state index contributed by atoms with van der Waals surface area (Å²) in [6.45, 7) is 3.57. The Kier molecular flexibility index (Phi) is 5.54. The quantitative estimate of drug-likeness (QED) is 0.667. The van der Waals surface area contributed by atoms with Crippen LogP contribution in [0.25, 0.3) is 0 Å². The second-order valence-corrected chi connectivity index (χ2v) is 5.57. The molecular formula is C14H18BrNO3. The van der Waals surface area contributed by atoms with Crippen molar-refractivity contribution in [3.05, 3.63) is 34.3 Å². The Labute approximate surface area is 121 Å². The third kappa shape index (κ3) is 4.06. The summed E-state index contributed by atoms with van der Waals surface area (Å²) in [5, 5.41) is 2.75. The Hall–Kier alpha value is -1.36. The number of amides is 1. The topological polar surface area (TPSA) is 55.4 Å². The van der Waals surface area contributed by atoms with Gasteiger partial charge in [-0.1, -0.05) is 34.1 Å². The first-order valence-electron chi connectivity index (χ1n) is 5.99. The summed E-state index contributed by atoms with van der Waals surface area (Å²) < 4.78 is 5.62. The summed E-state index contributed by atoms with van der Waals surface area (Å²) in [4.78, 5) is 23.4. The van der Waals surface area contributed by atoms with Crippen molar-refractivity contribution >= 4 is 27.8 Å². The monoisotopic (exact) mass is 327 g/mol. The number of benzene rings is 1. The van der Waals surface area contributed by atoms with Gasteiger partial charge in [0.05, 0.1) is 7.11 Å². The van der Waals surface area contributed by atoms with Crippen LogP contribution in [-0.4, -0.2) is 25.5 Å². The number of carbonyl (C=O) groups is 2. The molecule has 4 nitrogen and oxygen atoms in total. The summed E-state index contributed by atoms with van der Waals surface area (Å²) in [6, 6.07) is 7.82. The van der Waals surface area contributed by atoms with E-state index in [1.54, 1.807) is 13.8 Å². The van der Waals surface area contributed by atoms with E-state index in [9.17, 15) is 9.59 Å². The molecule has 1 N–H and O–H groups in total. The number of carbonyl (C=O) groups excluding carboxylic acids is 2. The first-order valence-corrected chi connectivity index (χ1v) is 6.79. The van der Waals surface area contributed by atoms with Gasteiger partial charge in [0.15, 0.2) is 0 Å². The number of methoxy groups -OCH3 is 1. The van der Waals surface area contributed by atoms with Crippen molar-refractivity contribution < 1.29 is 14.3 Å². The fourth-order valence-corrected chi connectivity index (χ4v) is 2.06. The van der Waals surface area contributed by atoms with Gasteiger partial charge in [0, 0.05) is 11.0 Å². The molecule has 0 aliphatic rings. The van der Waals surface area contributed by atoms with Crippen LogP contribution in [0.4, 0.5) is 0 Å². The Morgan fingerprint density at radius 2 is 1.95 bits per heavy atom. The Morgan fingerprint density at radius 1 is 1.32 bits per heavy atom. The Bertz CT molecular complexity index is 472. The number of hydrogen-bond donors (Lipinski definition) is 1. The van der Waals surface area contributed by atoms with E-state index in [2.05, 4.69) is 26.0 Å². The standard InChI is InChI=1S/C14H18BrNO3/c1-14(2,13(18)19-3)12(17)16-9-8-10-6-4-5-7-11(10)15/h4-7H,8-9H2,1-3H3,(H,16,17). The summed E-state index contributed by atoms with van der Waals surface area (Å²) in [5.41, 5.74) is -0.0541. The SMILES string of the molecule is COC(=O)C(C)(C)C(=O)NCCc1ccccc1Br. The molecule has 1 amide bonds. The van der Waals surface area contributed by atoms with Gasteiger partial charge < -0.3 is 10.1 Å². The lowest BCUT2D eigenvalue weighted by atomic mass is 9.92. The second kappa shape index (κ2) is 6.70. The molecule has 0 saturated carbocycles. The fraction of sp³-hybridized carbons (Fsp3) is 0.429. The number of nitrogens with one attached hydrogen (secondary N) is 1. The minimum absolute atomic E-state index is 0.327. The molecule has 0 bridgehead atoms. The van der Waals surface area contributed by atoms with Gasteiger partial charge in [0.2, 0.25) is 5.91 Å². The molecule has 1 aromatic rings. The molecule has 19 heavy (non-hydrogen) atoms. The highest BCUT2D eigenvalue weighted by Crippen LogP contribution is 2.18. The van der Waals surface area contributed by atoms with E-state index in [1.807, 2.05) is 24.3 Å². The zero-order chi connectivity index (χ0) is 14.5. The average Bonchev–Trinajstić information content (AvgIpc) is 2.39. The molecule has 0 aromatic heterocycles. The molecule has 0 heterocycles. The van der Waals surface area contributed by atoms with E-state index in [-0.39, 0.29) is 5.91 Å². The highest BCUT2D eigenvalue weighted by molar-refractivity contribution is 9.10. The maximum absolute atomic E-state index is 11.9. The van der Waals surface area contributed by atoms with Crippen LogP contribution in [0.2, 0.25) is 0 Å². The van der Waals surface area contributed by atoms with Crippen molar-refractivity contribution in [3.8, 4) is 0 Å². The maximum Gasteiger partial charge on any atom is 0.320 e. The molecule has 104 valence electrons. The zero-order valence-electron chi connectivity index (χ0n) is 11.3. The van der Waals surface area contributed by atoms with Crippen molar-refractivity contribution in [2.75, 3.05) is 13.7 Å². The molecule has 0 radical (unpaired) electrons. The van der Waals surface area contributed by atoms with Crippen LogP contribution in [0, 0.1) is 5.41 Å². The second-order valence-electron chi connectivity index (χ2n) is 4.71. The van der Waals surface area contributed by atoms with E-state index in [1.165, 1.54) is 7.11 Å². The van der Waals surface area contributed by atoms with Gasteiger partial charge in [0.1, 0.15) is 5.41 Å². The highest BCUT2D eigenvalue weighted by Gasteiger charge is 2.36. The number of rotatable bonds is 5. The third-order valence-electron chi connectivity index (χ3n) is 2.90. The van der Waals surface area contributed by atoms with Gasteiger partial charge in [-0.05, 0) is 31.9 Å². The molecule has 0 aliphatic carbocycles. The van der Waals surface area contributed by atoms with Crippen molar-refractivity contribution in [3.63, 3.8) is 0 Å². The predicted octanol–water partition coefficient (Wildman–Crippen LogP) is 2.31. The van der Waals surface area contributed by atoms with Crippen molar-refractivity contribution in [2.24, 2.45) is 5.41 Å². The molecule has 1 aromatic carbocycles. The lowest BCUT2D eigenvalue weighted by Crippen LogP contribution is -2.43. The number of ether oxygens (including phenoxy) is 1. The van der Waals surface area contributed by atoms with Crippen LogP contribution in [0.1, 0.15) is 19.4 Å². The van der Waals surface area contributed by atoms with Crippen molar-refractivity contribution in [1.82, 2.24) is 5.32 Å². The summed E-state index contributed by atoms with van der Waals surface area (Å²) in [6.07, 6.45) is 0.699. The number of hydrogen-bond acceptors (Lipinski definition) is 3. The van der Waals surface area contributed by atoms with Crippen LogP contribution in [0.15, 0.2) is 28.7 Å². The van der Waals surface area contributed by atoms with E-state index in [4.69, 9.17) is 0 Å². The van der Waals surface area contributed by atoms with Gasteiger partial charge in [-0.15, -0.1) is 0 Å². The van der Waals surface area contributed by atoms with E-state index >= 15 is 0 Å². The summed E-state index contributed by atoms with van der Waals surface area (Å²) in [5.74, 6) is -0.864. The Morgan fingerprint density at radius 3 is 2.53 bits per heavy atom. The van der Waals surface area contributed by atoms with Gasteiger partial charge in [-0.25, -0.2) is 0 Å². The van der Waals surface area contributed by atoms with Gasteiger partial charge >= 0.3 is 5.97 Å². The first kappa shape index (κ1) is 15.7. The lowest BCUT2D eigenvalue weighted by molar-refractivity contribution is -0.156. The minimum atomic E-state index is -1.16. The molecule has 0 atom stereocenters. The van der Waals surface area contributed by atoms with Crippen LogP contribution in [0.3, 0.4) is 0 Å². The molecule has 0 saturated heterocycles. The fourth-order valence-electron chi connectivity index (χ4n) is 1.58. The van der Waals surface area contributed by atoms with Crippen LogP contribution < -0.4 is 5.32 Å². The van der Waals surface area contributed by atoms with Gasteiger partial charge in [0.25, 0.3) is 0 Å². The zero-order valence-corrected chi connectivity index (χ0v) is 12.9. The van der Waals surface area contributed by atoms with Gasteiger partial charge in [-0.2, -0.15) is 0 Å². The normalized spacial score (nSPS) is 10.9. The number of esters is 1. The lowest BCUT2D eigenvalue weighted by Gasteiger charge is -2.20. The predicted molar refractivity (Wildman–Crippen MR) is 76.7 cm³/mol. The van der Waals surface area contributed by atoms with Crippen molar-refractivity contribution in [2.45, 2.75) is 20.3 Å². The Balaban J connectivity index is 2.52. The first-order chi connectivity index (χ1) is 8.89. The smallest absolute Gasteiger partial charge is 0.320 e. The molecular weight excluding hydrogens is 310 g/mol. The minimum Gasteiger partial charge on any atom is -0.468 e. The van der Waals surface area contributed by atoms with Crippen molar-refractivity contribution in [1.29, 1.82) is 0 Å². The van der Waals surface area contributed by atoms with Crippen LogP contribution in [-0.2, 0) is 20.7 Å². The molecule has 1 rings (SSSR count). The third-order valence-corrected chi connectivity index (χ3v) is 3.67. The molecule has 0 aliphatic heterocycles. The van der Waals surface area contributed by atoms with E-state index < -0.39 is 11.4 Å². The number of halogens is 1. The van der Waals surface area contributed by atoms with Gasteiger partial charge in [-0.3, -0.25) is 9.59 Å². The molecule has 0 spiro atoms. The van der Waals surface area contributed by atoms with E-state index in [0.717, 1.165) is 10.0 Å². The van der Waals surface area contributed by atoms with Crippen LogP contribution >= 0.6 is 15.9 Å². The largest absolute Gasteiger partial charge is 0.468 e. The molecule has 0 unspecified atom stereocenters. The molecule has 0 fully saturated rings.